The van der Waals surface area contributed by atoms with E-state index in [-0.39, 0.29) is 11.1 Å². The van der Waals surface area contributed by atoms with Gasteiger partial charge in [0.15, 0.2) is 11.6 Å². The Morgan fingerprint density at radius 2 is 2.12 bits per heavy atom. The highest BCUT2D eigenvalue weighted by atomic mass is 19.2. The molecule has 0 fully saturated rings. The Morgan fingerprint density at radius 1 is 1.41 bits per heavy atom. The second-order valence-electron chi connectivity index (χ2n) is 3.62. The molecule has 2 nitrogen and oxygen atoms in total. The van der Waals surface area contributed by atoms with Crippen LogP contribution in [0.5, 0.6) is 0 Å². The van der Waals surface area contributed by atoms with E-state index >= 15 is 0 Å². The maximum Gasteiger partial charge on any atom is 0.248 e. The average Bonchev–Trinajstić information content (AvgIpc) is 2.30. The van der Waals surface area contributed by atoms with Crippen molar-refractivity contribution < 1.29 is 8.78 Å². The normalized spacial score (nSPS) is 10.5. The smallest absolute Gasteiger partial charge is 0.248 e. The van der Waals surface area contributed by atoms with Crippen LogP contribution in [0.3, 0.4) is 0 Å². The van der Waals surface area contributed by atoms with Gasteiger partial charge < -0.3 is 4.98 Å². The van der Waals surface area contributed by atoms with E-state index in [2.05, 4.69) is 10.9 Å². The second-order valence-corrected chi connectivity index (χ2v) is 3.62. The van der Waals surface area contributed by atoms with E-state index < -0.39 is 11.6 Å². The van der Waals surface area contributed by atoms with E-state index in [1.54, 1.807) is 6.92 Å². The third kappa shape index (κ3) is 1.70. The summed E-state index contributed by atoms with van der Waals surface area (Å²) in [5.74, 6) is 0.0389. The zero-order valence-electron chi connectivity index (χ0n) is 9.10. The Hall–Kier alpha value is -2.15. The number of hydrogen-bond acceptors (Lipinski definition) is 1. The van der Waals surface area contributed by atoms with Crippen LogP contribution in [0.1, 0.15) is 18.2 Å². The molecule has 0 aliphatic carbocycles. The first-order valence-corrected chi connectivity index (χ1v) is 5.09. The SMILES string of the molecule is C#Cc1c(F)c(F)cc2cc(=O)[nH]c(CC)c12. The maximum atomic E-state index is 13.5. The number of benzene rings is 1. The van der Waals surface area contributed by atoms with Gasteiger partial charge in [0, 0.05) is 17.1 Å². The molecule has 0 bridgehead atoms. The van der Waals surface area contributed by atoms with Crippen molar-refractivity contribution in [2.24, 2.45) is 0 Å². The van der Waals surface area contributed by atoms with E-state index in [0.29, 0.717) is 22.9 Å². The molecule has 0 saturated heterocycles. The Morgan fingerprint density at radius 3 is 2.71 bits per heavy atom. The third-order valence-electron chi connectivity index (χ3n) is 2.61. The number of rotatable bonds is 1. The molecule has 0 unspecified atom stereocenters. The van der Waals surface area contributed by atoms with Crippen LogP contribution in [0.15, 0.2) is 16.9 Å². The lowest BCUT2D eigenvalue weighted by Crippen LogP contribution is -2.09. The highest BCUT2D eigenvalue weighted by molar-refractivity contribution is 5.90. The van der Waals surface area contributed by atoms with Crippen molar-refractivity contribution in [2.45, 2.75) is 13.3 Å². The number of hydrogen-bond donors (Lipinski definition) is 1. The molecule has 1 aromatic carbocycles. The molecule has 1 heterocycles. The van der Waals surface area contributed by atoms with E-state index in [1.807, 2.05) is 0 Å². The Balaban J connectivity index is 3.07. The molecule has 1 N–H and O–H groups in total. The maximum absolute atomic E-state index is 13.5. The lowest BCUT2D eigenvalue weighted by Gasteiger charge is -2.08. The summed E-state index contributed by atoms with van der Waals surface area (Å²) in [5.41, 5.74) is 0.00998. The summed E-state index contributed by atoms with van der Waals surface area (Å²) in [5, 5.41) is 0.714. The van der Waals surface area contributed by atoms with Gasteiger partial charge in [-0.05, 0) is 17.9 Å². The average molecular weight is 233 g/mol. The first-order chi connectivity index (χ1) is 8.08. The van der Waals surface area contributed by atoms with E-state index in [0.717, 1.165) is 6.07 Å². The number of aromatic amines is 1. The number of nitrogens with one attached hydrogen (secondary N) is 1. The zero-order valence-corrected chi connectivity index (χ0v) is 9.10. The fourth-order valence-electron chi connectivity index (χ4n) is 1.87. The molecule has 4 heteroatoms. The number of aromatic nitrogens is 1. The minimum Gasteiger partial charge on any atom is -0.326 e. The van der Waals surface area contributed by atoms with Gasteiger partial charge in [0.1, 0.15) is 0 Å². The molecule has 0 atom stereocenters. The molecule has 2 aromatic rings. The van der Waals surface area contributed by atoms with Crippen LogP contribution in [0.4, 0.5) is 8.78 Å². The molecule has 2 rings (SSSR count). The van der Waals surface area contributed by atoms with Gasteiger partial charge in [-0.15, -0.1) is 6.42 Å². The zero-order chi connectivity index (χ0) is 12.6. The van der Waals surface area contributed by atoms with Crippen LogP contribution < -0.4 is 5.56 Å². The van der Waals surface area contributed by atoms with Crippen LogP contribution in [0, 0.1) is 24.0 Å². The summed E-state index contributed by atoms with van der Waals surface area (Å²) in [4.78, 5) is 13.9. The number of H-pyrrole nitrogens is 1. The predicted molar refractivity (Wildman–Crippen MR) is 61.8 cm³/mol. The fraction of sp³-hybridized carbons (Fsp3) is 0.154. The number of halogens is 2. The van der Waals surface area contributed by atoms with Crippen molar-refractivity contribution in [2.75, 3.05) is 0 Å². The van der Waals surface area contributed by atoms with Crippen molar-refractivity contribution in [3.8, 4) is 12.3 Å². The molecule has 1 aromatic heterocycles. The minimum absolute atomic E-state index is 0.145. The van der Waals surface area contributed by atoms with Crippen molar-refractivity contribution >= 4 is 10.8 Å². The Bertz CT molecular complexity index is 695. The van der Waals surface area contributed by atoms with Crippen LogP contribution in [-0.2, 0) is 6.42 Å². The van der Waals surface area contributed by atoms with Gasteiger partial charge in [0.05, 0.1) is 5.56 Å². The molecular formula is C13H9F2NO. The van der Waals surface area contributed by atoms with E-state index in [9.17, 15) is 13.6 Å². The first-order valence-electron chi connectivity index (χ1n) is 5.09. The lowest BCUT2D eigenvalue weighted by atomic mass is 10.0. The molecule has 86 valence electrons. The molecule has 0 radical (unpaired) electrons. The molecule has 0 spiro atoms. The van der Waals surface area contributed by atoms with Gasteiger partial charge >= 0.3 is 0 Å². The molecular weight excluding hydrogens is 224 g/mol. The Labute approximate surface area is 96.3 Å². The summed E-state index contributed by atoms with van der Waals surface area (Å²) in [6.45, 7) is 1.80. The monoisotopic (exact) mass is 233 g/mol. The van der Waals surface area contributed by atoms with Gasteiger partial charge in [0.2, 0.25) is 5.56 Å². The molecule has 0 saturated carbocycles. The number of pyridine rings is 1. The van der Waals surface area contributed by atoms with Crippen molar-refractivity contribution in [3.63, 3.8) is 0 Å². The van der Waals surface area contributed by atoms with Crippen molar-refractivity contribution in [1.29, 1.82) is 0 Å². The van der Waals surface area contributed by atoms with Gasteiger partial charge in [-0.25, -0.2) is 8.78 Å². The second kappa shape index (κ2) is 4.02. The van der Waals surface area contributed by atoms with E-state index in [4.69, 9.17) is 6.42 Å². The van der Waals surface area contributed by atoms with Crippen LogP contribution in [0.25, 0.3) is 10.8 Å². The molecule has 0 aliphatic rings. The largest absolute Gasteiger partial charge is 0.326 e. The van der Waals surface area contributed by atoms with Crippen LogP contribution in [-0.4, -0.2) is 4.98 Å². The first kappa shape index (κ1) is 11.3. The molecule has 0 amide bonds. The van der Waals surface area contributed by atoms with Gasteiger partial charge in [-0.2, -0.15) is 0 Å². The van der Waals surface area contributed by atoms with Crippen molar-refractivity contribution in [3.05, 3.63) is 45.4 Å². The quantitative estimate of drug-likeness (QED) is 0.753. The summed E-state index contributed by atoms with van der Waals surface area (Å²) in [6, 6.07) is 2.19. The van der Waals surface area contributed by atoms with Gasteiger partial charge in [-0.3, -0.25) is 4.79 Å². The predicted octanol–water partition coefficient (Wildman–Crippen LogP) is 2.35. The highest BCUT2D eigenvalue weighted by Crippen LogP contribution is 2.25. The topological polar surface area (TPSA) is 32.9 Å². The summed E-state index contributed by atoms with van der Waals surface area (Å²) >= 11 is 0. The molecule has 0 aliphatic heterocycles. The third-order valence-corrected chi connectivity index (χ3v) is 2.61. The van der Waals surface area contributed by atoms with E-state index in [1.165, 1.54) is 6.07 Å². The number of aryl methyl sites for hydroxylation is 1. The van der Waals surface area contributed by atoms with Crippen LogP contribution >= 0.6 is 0 Å². The molecule has 17 heavy (non-hydrogen) atoms. The van der Waals surface area contributed by atoms with Crippen LogP contribution in [0.2, 0.25) is 0 Å². The standard InChI is InChI=1S/C13H9F2NO/c1-3-8-12-7(5-9(14)13(8)15)6-11(17)16-10(12)4-2/h1,5-6H,4H2,2H3,(H,16,17). The minimum atomic E-state index is -1.05. The lowest BCUT2D eigenvalue weighted by molar-refractivity contribution is 0.509. The number of terminal acetylenes is 1. The highest BCUT2D eigenvalue weighted by Gasteiger charge is 2.15. The van der Waals surface area contributed by atoms with Gasteiger partial charge in [0.25, 0.3) is 0 Å². The van der Waals surface area contributed by atoms with Gasteiger partial charge in [-0.1, -0.05) is 12.8 Å². The Kier molecular flexibility index (Phi) is 2.68. The van der Waals surface area contributed by atoms with Crippen molar-refractivity contribution in [1.82, 2.24) is 4.98 Å². The number of fused-ring (bicyclic) bond motifs is 1. The summed E-state index contributed by atoms with van der Waals surface area (Å²) in [7, 11) is 0. The summed E-state index contributed by atoms with van der Waals surface area (Å²) < 4.78 is 26.8. The summed E-state index contributed by atoms with van der Waals surface area (Å²) in [6.07, 6.45) is 5.68. The fourth-order valence-corrected chi connectivity index (χ4v) is 1.87.